The first-order valence-corrected chi connectivity index (χ1v) is 10.7. The molecule has 1 N–H and O–H groups in total. The van der Waals surface area contributed by atoms with Gasteiger partial charge in [-0.25, -0.2) is 0 Å². The van der Waals surface area contributed by atoms with Crippen molar-refractivity contribution >= 4 is 11.9 Å². The quantitative estimate of drug-likeness (QED) is 0.154. The van der Waals surface area contributed by atoms with Crippen LogP contribution in [0.4, 0.5) is 0 Å². The molecule has 1 fully saturated rings. The van der Waals surface area contributed by atoms with Crippen molar-refractivity contribution in [3.05, 3.63) is 0 Å². The second kappa shape index (κ2) is 15.0. The first-order valence-electron chi connectivity index (χ1n) is 10.7. The Hall–Kier alpha value is -1.10. The van der Waals surface area contributed by atoms with E-state index in [0.717, 1.165) is 19.3 Å². The number of esters is 1. The van der Waals surface area contributed by atoms with Gasteiger partial charge in [-0.1, -0.05) is 77.6 Å². The van der Waals surface area contributed by atoms with E-state index in [1.807, 2.05) is 0 Å². The van der Waals surface area contributed by atoms with Gasteiger partial charge in [-0.2, -0.15) is 0 Å². The molecule has 0 amide bonds. The van der Waals surface area contributed by atoms with Crippen molar-refractivity contribution in [2.45, 2.75) is 115 Å². The predicted octanol–water partition coefficient (Wildman–Crippen LogP) is 5.25. The van der Waals surface area contributed by atoms with Gasteiger partial charge in [0.1, 0.15) is 6.42 Å². The molecule has 2 atom stereocenters. The fraction of sp³-hybridized carbons (Fsp3) is 0.905. The van der Waals surface area contributed by atoms with Gasteiger partial charge in [-0.3, -0.25) is 9.59 Å². The van der Waals surface area contributed by atoms with E-state index in [-0.39, 0.29) is 6.61 Å². The van der Waals surface area contributed by atoms with Crippen LogP contribution in [0.15, 0.2) is 0 Å². The molecule has 1 heterocycles. The summed E-state index contributed by atoms with van der Waals surface area (Å²) in [5.41, 5.74) is 0. The number of hydrogen-bond acceptors (Lipinski definition) is 4. The fourth-order valence-corrected chi connectivity index (χ4v) is 3.34. The van der Waals surface area contributed by atoms with Crippen molar-refractivity contribution in [1.82, 2.24) is 0 Å². The Labute approximate surface area is 158 Å². The monoisotopic (exact) mass is 370 g/mol. The van der Waals surface area contributed by atoms with Crippen LogP contribution in [-0.4, -0.2) is 35.9 Å². The van der Waals surface area contributed by atoms with Gasteiger partial charge < -0.3 is 14.6 Å². The molecule has 0 aliphatic carbocycles. The standard InChI is InChI=1S/C21H38O5/c1-2-3-4-5-6-7-8-9-10-11-12-14-18-19(26-18)15-13-16-25-21(24)17-20(22)23/h18-19H,2-17H2,1H3,(H,22,23). The van der Waals surface area contributed by atoms with E-state index < -0.39 is 18.4 Å². The van der Waals surface area contributed by atoms with E-state index in [4.69, 9.17) is 14.6 Å². The highest BCUT2D eigenvalue weighted by Crippen LogP contribution is 2.31. The van der Waals surface area contributed by atoms with E-state index in [1.54, 1.807) is 0 Å². The molecule has 0 aromatic heterocycles. The minimum atomic E-state index is -1.15. The molecule has 26 heavy (non-hydrogen) atoms. The normalized spacial score (nSPS) is 18.7. The van der Waals surface area contributed by atoms with Gasteiger partial charge in [0.2, 0.25) is 0 Å². The van der Waals surface area contributed by atoms with E-state index >= 15 is 0 Å². The Bertz CT molecular complexity index is 383. The van der Waals surface area contributed by atoms with Gasteiger partial charge in [0.25, 0.3) is 0 Å². The summed E-state index contributed by atoms with van der Waals surface area (Å²) in [6.45, 7) is 2.55. The zero-order valence-electron chi connectivity index (χ0n) is 16.5. The molecule has 0 aromatic rings. The summed E-state index contributed by atoms with van der Waals surface area (Å²) < 4.78 is 10.5. The van der Waals surface area contributed by atoms with Crippen LogP contribution in [0.3, 0.4) is 0 Å². The maximum atomic E-state index is 11.1. The number of aliphatic carboxylic acids is 1. The molecule has 152 valence electrons. The number of carbonyl (C=O) groups is 2. The topological polar surface area (TPSA) is 76.1 Å². The zero-order valence-corrected chi connectivity index (χ0v) is 16.5. The number of hydrogen-bond donors (Lipinski definition) is 1. The molecular weight excluding hydrogens is 332 g/mol. The third-order valence-corrected chi connectivity index (χ3v) is 4.97. The van der Waals surface area contributed by atoms with Gasteiger partial charge in [-0.15, -0.1) is 0 Å². The number of carboxylic acids is 1. The predicted molar refractivity (Wildman–Crippen MR) is 102 cm³/mol. The number of ether oxygens (including phenoxy) is 2. The number of carboxylic acid groups (broad SMARTS) is 1. The molecule has 0 spiro atoms. The summed E-state index contributed by atoms with van der Waals surface area (Å²) in [5, 5.41) is 8.46. The van der Waals surface area contributed by atoms with Gasteiger partial charge in [0, 0.05) is 0 Å². The lowest BCUT2D eigenvalue weighted by atomic mass is 10.0. The van der Waals surface area contributed by atoms with Crippen molar-refractivity contribution in [2.75, 3.05) is 6.61 Å². The van der Waals surface area contributed by atoms with E-state index in [1.165, 1.54) is 70.6 Å². The summed E-state index contributed by atoms with van der Waals surface area (Å²) in [6, 6.07) is 0. The molecule has 0 bridgehead atoms. The third kappa shape index (κ3) is 13.2. The molecule has 1 rings (SSSR count). The van der Waals surface area contributed by atoms with Crippen molar-refractivity contribution in [2.24, 2.45) is 0 Å². The molecule has 0 saturated carbocycles. The SMILES string of the molecule is CCCCCCCCCCCCCC1OC1CCCOC(=O)CC(=O)O. The van der Waals surface area contributed by atoms with Crippen molar-refractivity contribution in [3.8, 4) is 0 Å². The highest BCUT2D eigenvalue weighted by molar-refractivity contribution is 5.90. The molecule has 1 aliphatic heterocycles. The Morgan fingerprint density at radius 3 is 1.85 bits per heavy atom. The second-order valence-corrected chi connectivity index (χ2v) is 7.47. The summed E-state index contributed by atoms with van der Waals surface area (Å²) in [7, 11) is 0. The van der Waals surface area contributed by atoms with Gasteiger partial charge in [0.05, 0.1) is 18.8 Å². The number of unbranched alkanes of at least 4 members (excludes halogenated alkanes) is 10. The van der Waals surface area contributed by atoms with Crippen molar-refractivity contribution in [3.63, 3.8) is 0 Å². The van der Waals surface area contributed by atoms with Crippen LogP contribution in [-0.2, 0) is 19.1 Å². The van der Waals surface area contributed by atoms with Gasteiger partial charge in [-0.05, 0) is 19.3 Å². The van der Waals surface area contributed by atoms with Gasteiger partial charge >= 0.3 is 11.9 Å². The Morgan fingerprint density at radius 1 is 0.808 bits per heavy atom. The molecule has 0 radical (unpaired) electrons. The first kappa shape index (κ1) is 22.9. The molecule has 2 unspecified atom stereocenters. The maximum Gasteiger partial charge on any atom is 0.317 e. The van der Waals surface area contributed by atoms with Crippen LogP contribution in [0.2, 0.25) is 0 Å². The second-order valence-electron chi connectivity index (χ2n) is 7.47. The Balaban J connectivity index is 1.78. The molecule has 0 aromatic carbocycles. The highest BCUT2D eigenvalue weighted by atomic mass is 16.6. The summed E-state index contributed by atoms with van der Waals surface area (Å²) in [5.74, 6) is -1.81. The minimum Gasteiger partial charge on any atom is -0.481 e. The van der Waals surface area contributed by atoms with E-state index in [0.29, 0.717) is 12.2 Å². The molecule has 5 heteroatoms. The number of carbonyl (C=O) groups excluding carboxylic acids is 1. The minimum absolute atomic E-state index is 0.289. The third-order valence-electron chi connectivity index (χ3n) is 4.97. The highest BCUT2D eigenvalue weighted by Gasteiger charge is 2.37. The molecule has 5 nitrogen and oxygen atoms in total. The zero-order chi connectivity index (χ0) is 19.0. The lowest BCUT2D eigenvalue weighted by Crippen LogP contribution is -2.11. The Kier molecular flexibility index (Phi) is 13.2. The van der Waals surface area contributed by atoms with Crippen LogP contribution in [0.25, 0.3) is 0 Å². The summed E-state index contributed by atoms with van der Waals surface area (Å²) in [4.78, 5) is 21.4. The van der Waals surface area contributed by atoms with Crippen LogP contribution < -0.4 is 0 Å². The summed E-state index contributed by atoms with van der Waals surface area (Å²) >= 11 is 0. The molecule has 1 aliphatic rings. The molecule has 1 saturated heterocycles. The maximum absolute atomic E-state index is 11.1. The van der Waals surface area contributed by atoms with E-state index in [9.17, 15) is 9.59 Å². The number of epoxide rings is 1. The Morgan fingerprint density at radius 2 is 1.31 bits per heavy atom. The van der Waals surface area contributed by atoms with Crippen molar-refractivity contribution in [1.29, 1.82) is 0 Å². The lowest BCUT2D eigenvalue weighted by Gasteiger charge is -2.02. The van der Waals surface area contributed by atoms with Crippen LogP contribution in [0.5, 0.6) is 0 Å². The lowest BCUT2D eigenvalue weighted by molar-refractivity contribution is -0.151. The van der Waals surface area contributed by atoms with Crippen LogP contribution in [0.1, 0.15) is 103 Å². The van der Waals surface area contributed by atoms with Crippen molar-refractivity contribution < 1.29 is 24.2 Å². The van der Waals surface area contributed by atoms with Gasteiger partial charge in [0.15, 0.2) is 0 Å². The average molecular weight is 371 g/mol. The first-order chi connectivity index (χ1) is 12.6. The molecular formula is C21H38O5. The average Bonchev–Trinajstić information content (AvgIpc) is 3.34. The smallest absolute Gasteiger partial charge is 0.317 e. The number of rotatable bonds is 18. The largest absolute Gasteiger partial charge is 0.481 e. The van der Waals surface area contributed by atoms with E-state index in [2.05, 4.69) is 6.92 Å². The fourth-order valence-electron chi connectivity index (χ4n) is 3.34. The van der Waals surface area contributed by atoms with Crippen LogP contribution >= 0.6 is 0 Å². The van der Waals surface area contributed by atoms with Crippen LogP contribution in [0, 0.1) is 0 Å². The summed E-state index contributed by atoms with van der Waals surface area (Å²) in [6.07, 6.45) is 17.9.